The third kappa shape index (κ3) is 4.16. The molecule has 9 heteroatoms. The summed E-state index contributed by atoms with van der Waals surface area (Å²) in [5.41, 5.74) is 5.07. The van der Waals surface area contributed by atoms with Crippen LogP contribution in [0.5, 0.6) is 0 Å². The fraction of sp³-hybridized carbons (Fsp3) is 0.143. The molecule has 1 aromatic rings. The fourth-order valence-corrected chi connectivity index (χ4v) is 1.27. The summed E-state index contributed by atoms with van der Waals surface area (Å²) in [5.74, 6) is -1.29. The Kier molecular flexibility index (Phi) is 6.67. The molecule has 0 amide bonds. The molecule has 1 heterocycles. The third-order valence-electron chi connectivity index (χ3n) is 1.25. The molecule has 0 bridgehead atoms. The molecule has 0 aliphatic heterocycles. The molecule has 16 heavy (non-hydrogen) atoms. The SMILES string of the molecule is N#CCON=C(C(=O)O)c1csc(N)n1.[NaH]. The number of carbonyl (C=O) groups is 1. The molecule has 0 aromatic carbocycles. The Bertz CT molecular complexity index is 439. The van der Waals surface area contributed by atoms with E-state index >= 15 is 0 Å². The number of anilines is 1. The van der Waals surface area contributed by atoms with Crippen molar-refractivity contribution in [2.75, 3.05) is 12.3 Å². The van der Waals surface area contributed by atoms with Crippen molar-refractivity contribution in [3.05, 3.63) is 11.1 Å². The van der Waals surface area contributed by atoms with Crippen molar-refractivity contribution in [3.63, 3.8) is 0 Å². The zero-order valence-corrected chi connectivity index (χ0v) is 8.19. The number of nitrogens with zero attached hydrogens (tertiary/aromatic N) is 3. The Morgan fingerprint density at radius 1 is 1.81 bits per heavy atom. The van der Waals surface area contributed by atoms with Gasteiger partial charge in [0.05, 0.1) is 0 Å². The number of hydrogen-bond donors (Lipinski definition) is 2. The maximum absolute atomic E-state index is 10.7. The van der Waals surface area contributed by atoms with E-state index in [-0.39, 0.29) is 52.7 Å². The average molecular weight is 250 g/mol. The van der Waals surface area contributed by atoms with Crippen molar-refractivity contribution in [2.45, 2.75) is 0 Å². The van der Waals surface area contributed by atoms with Gasteiger partial charge in [-0.05, 0) is 0 Å². The van der Waals surface area contributed by atoms with Crippen molar-refractivity contribution >= 4 is 57.7 Å². The van der Waals surface area contributed by atoms with Crippen molar-refractivity contribution in [3.8, 4) is 6.07 Å². The van der Waals surface area contributed by atoms with Crippen LogP contribution in [0.2, 0.25) is 0 Å². The summed E-state index contributed by atoms with van der Waals surface area (Å²) in [6.07, 6.45) is 0. The van der Waals surface area contributed by atoms with Crippen LogP contribution in [0, 0.1) is 11.3 Å². The molecule has 0 fully saturated rings. The number of aromatic nitrogens is 1. The first-order chi connectivity index (χ1) is 7.15. The maximum atomic E-state index is 10.7. The van der Waals surface area contributed by atoms with E-state index in [2.05, 4.69) is 15.0 Å². The van der Waals surface area contributed by atoms with Crippen LogP contribution in [0.3, 0.4) is 0 Å². The quantitative estimate of drug-likeness (QED) is 0.318. The second-order valence-electron chi connectivity index (χ2n) is 2.25. The monoisotopic (exact) mass is 250 g/mol. The molecule has 0 aliphatic carbocycles. The van der Waals surface area contributed by atoms with Gasteiger partial charge in [-0.25, -0.2) is 9.78 Å². The number of carboxylic acid groups (broad SMARTS) is 1. The number of nitrogen functional groups attached to an aromatic ring is 1. The molecule has 7 nitrogen and oxygen atoms in total. The molecule has 3 N–H and O–H groups in total. The van der Waals surface area contributed by atoms with Gasteiger partial charge in [0, 0.05) is 5.38 Å². The van der Waals surface area contributed by atoms with Crippen LogP contribution in [0.15, 0.2) is 10.5 Å². The Balaban J connectivity index is 0.00000225. The van der Waals surface area contributed by atoms with Crippen LogP contribution in [0.25, 0.3) is 0 Å². The summed E-state index contributed by atoms with van der Waals surface area (Å²) in [6, 6.07) is 1.65. The first-order valence-corrected chi connectivity index (χ1v) is 4.54. The van der Waals surface area contributed by atoms with E-state index in [1.54, 1.807) is 6.07 Å². The van der Waals surface area contributed by atoms with Gasteiger partial charge in [0.1, 0.15) is 11.8 Å². The predicted molar refractivity (Wildman–Crippen MR) is 59.4 cm³/mol. The Morgan fingerprint density at radius 2 is 2.50 bits per heavy atom. The molecule has 0 spiro atoms. The van der Waals surface area contributed by atoms with E-state index in [0.29, 0.717) is 0 Å². The summed E-state index contributed by atoms with van der Waals surface area (Å²) < 4.78 is 0. The molecular formula is C7H7N4NaO3S. The van der Waals surface area contributed by atoms with Crippen LogP contribution < -0.4 is 5.73 Å². The van der Waals surface area contributed by atoms with Gasteiger partial charge >= 0.3 is 35.5 Å². The molecule has 0 saturated heterocycles. The van der Waals surface area contributed by atoms with Gasteiger partial charge in [0.15, 0.2) is 5.13 Å². The van der Waals surface area contributed by atoms with Crippen molar-refractivity contribution in [1.82, 2.24) is 4.98 Å². The van der Waals surface area contributed by atoms with Gasteiger partial charge in [0.2, 0.25) is 12.3 Å². The first-order valence-electron chi connectivity index (χ1n) is 3.66. The van der Waals surface area contributed by atoms with E-state index in [0.717, 1.165) is 11.3 Å². The van der Waals surface area contributed by atoms with Crippen LogP contribution >= 0.6 is 11.3 Å². The van der Waals surface area contributed by atoms with Crippen LogP contribution in [0.4, 0.5) is 5.13 Å². The van der Waals surface area contributed by atoms with Gasteiger partial charge in [-0.15, -0.1) is 11.3 Å². The first kappa shape index (κ1) is 14.9. The molecule has 0 unspecified atom stereocenters. The molecule has 80 valence electrons. The minimum atomic E-state index is -1.29. The van der Waals surface area contributed by atoms with Crippen molar-refractivity contribution < 1.29 is 14.7 Å². The molecule has 0 atom stereocenters. The van der Waals surface area contributed by atoms with E-state index in [4.69, 9.17) is 16.1 Å². The van der Waals surface area contributed by atoms with Crippen LogP contribution in [0.1, 0.15) is 5.69 Å². The third-order valence-corrected chi connectivity index (χ3v) is 1.93. The summed E-state index contributed by atoms with van der Waals surface area (Å²) >= 11 is 1.09. The van der Waals surface area contributed by atoms with Gasteiger partial charge < -0.3 is 15.7 Å². The average Bonchev–Trinajstić information content (AvgIpc) is 2.59. The Hall–Kier alpha value is -1.14. The molecule has 0 radical (unpaired) electrons. The van der Waals surface area contributed by atoms with Gasteiger partial charge in [-0.1, -0.05) is 5.16 Å². The standard InChI is InChI=1S/C7H6N4O3S.Na.H/c8-1-2-14-11-5(6(12)13)4-3-15-7(9)10-4;;/h3H,2H2,(H2,9,10)(H,12,13);;. The number of thiazole rings is 1. The zero-order valence-electron chi connectivity index (χ0n) is 7.38. The van der Waals surface area contributed by atoms with Crippen LogP contribution in [-0.4, -0.2) is 57.9 Å². The summed E-state index contributed by atoms with van der Waals surface area (Å²) in [6.45, 7) is -0.323. The topological polar surface area (TPSA) is 122 Å². The zero-order chi connectivity index (χ0) is 11.3. The number of nitrogens with two attached hydrogens (primary N) is 1. The molecule has 1 rings (SSSR count). The van der Waals surface area contributed by atoms with Gasteiger partial charge in [-0.3, -0.25) is 0 Å². The number of aliphatic carboxylic acids is 1. The molecule has 0 saturated carbocycles. The predicted octanol–water partition coefficient (Wildman–Crippen LogP) is -0.594. The normalized spacial score (nSPS) is 10.1. The number of rotatable bonds is 4. The van der Waals surface area contributed by atoms with Gasteiger partial charge in [0.25, 0.3) is 0 Å². The van der Waals surface area contributed by atoms with Gasteiger partial charge in [-0.2, -0.15) is 5.26 Å². The van der Waals surface area contributed by atoms with Crippen molar-refractivity contribution in [2.24, 2.45) is 5.16 Å². The van der Waals surface area contributed by atoms with E-state index in [9.17, 15) is 4.79 Å². The fourth-order valence-electron chi connectivity index (χ4n) is 0.717. The van der Waals surface area contributed by atoms with E-state index < -0.39 is 5.97 Å². The number of oxime groups is 1. The second kappa shape index (κ2) is 7.19. The van der Waals surface area contributed by atoms with Crippen LogP contribution in [-0.2, 0) is 9.63 Å². The number of carboxylic acids is 1. The Morgan fingerprint density at radius 3 is 2.94 bits per heavy atom. The summed E-state index contributed by atoms with van der Waals surface area (Å²) in [7, 11) is 0. The summed E-state index contributed by atoms with van der Waals surface area (Å²) in [4.78, 5) is 18.9. The summed E-state index contributed by atoms with van der Waals surface area (Å²) in [5, 5.41) is 21.9. The second-order valence-corrected chi connectivity index (χ2v) is 3.14. The minimum absolute atomic E-state index is 0. The van der Waals surface area contributed by atoms with E-state index in [1.165, 1.54) is 5.38 Å². The number of nitriles is 1. The molecular weight excluding hydrogens is 243 g/mol. The molecule has 1 aromatic heterocycles. The van der Waals surface area contributed by atoms with Crippen molar-refractivity contribution in [1.29, 1.82) is 5.26 Å². The van der Waals surface area contributed by atoms with E-state index in [1.807, 2.05) is 0 Å². The Labute approximate surface area is 117 Å². The number of hydrogen-bond acceptors (Lipinski definition) is 7. The molecule has 0 aliphatic rings.